The van der Waals surface area contributed by atoms with E-state index in [1.54, 1.807) is 32.0 Å². The highest BCUT2D eigenvalue weighted by atomic mass is 35.5. The standard InChI is InChI=1S/C15H11ClN2O3/c1-9-6-15(10(2)5-13(9)18(19)20)21-14-4-3-11(8-17)7-12(14)16/h3-7H,1-2H3. The van der Waals surface area contributed by atoms with E-state index in [9.17, 15) is 10.1 Å². The van der Waals surface area contributed by atoms with Crippen LogP contribution in [0.3, 0.4) is 0 Å². The van der Waals surface area contributed by atoms with Crippen LogP contribution in [0.15, 0.2) is 30.3 Å². The van der Waals surface area contributed by atoms with Gasteiger partial charge in [-0.25, -0.2) is 0 Å². The Hall–Kier alpha value is -2.58. The minimum absolute atomic E-state index is 0.0470. The van der Waals surface area contributed by atoms with Crippen molar-refractivity contribution < 1.29 is 9.66 Å². The Labute approximate surface area is 126 Å². The van der Waals surface area contributed by atoms with Crippen molar-refractivity contribution in [2.45, 2.75) is 13.8 Å². The van der Waals surface area contributed by atoms with E-state index < -0.39 is 4.92 Å². The first kappa shape index (κ1) is 14.8. The summed E-state index contributed by atoms with van der Waals surface area (Å²) in [7, 11) is 0. The molecule has 0 unspecified atom stereocenters. The maximum Gasteiger partial charge on any atom is 0.272 e. The number of nitrogens with zero attached hydrogens (tertiary/aromatic N) is 2. The third-order valence-electron chi connectivity index (χ3n) is 2.97. The summed E-state index contributed by atoms with van der Waals surface area (Å²) in [6, 6.07) is 9.73. The van der Waals surface area contributed by atoms with Crippen LogP contribution in [0.4, 0.5) is 5.69 Å². The van der Waals surface area contributed by atoms with Gasteiger partial charge < -0.3 is 4.74 Å². The lowest BCUT2D eigenvalue weighted by Gasteiger charge is -2.11. The molecule has 0 saturated carbocycles. The zero-order chi connectivity index (χ0) is 15.6. The molecular formula is C15H11ClN2O3. The second-order valence-corrected chi connectivity index (χ2v) is 4.93. The van der Waals surface area contributed by atoms with Gasteiger partial charge in [0.15, 0.2) is 0 Å². The number of hydrogen-bond donors (Lipinski definition) is 0. The first-order chi connectivity index (χ1) is 9.92. The molecule has 6 heteroatoms. The molecule has 0 N–H and O–H groups in total. The molecular weight excluding hydrogens is 292 g/mol. The van der Waals surface area contributed by atoms with E-state index in [-0.39, 0.29) is 5.69 Å². The molecule has 0 fully saturated rings. The van der Waals surface area contributed by atoms with Crippen molar-refractivity contribution in [3.63, 3.8) is 0 Å². The highest BCUT2D eigenvalue weighted by Crippen LogP contribution is 2.34. The topological polar surface area (TPSA) is 76.2 Å². The number of nitro benzene ring substituents is 1. The average Bonchev–Trinajstić information content (AvgIpc) is 2.44. The van der Waals surface area contributed by atoms with Gasteiger partial charge >= 0.3 is 0 Å². The van der Waals surface area contributed by atoms with Crippen molar-refractivity contribution in [2.24, 2.45) is 0 Å². The van der Waals surface area contributed by atoms with Gasteiger partial charge in [-0.3, -0.25) is 10.1 Å². The second kappa shape index (κ2) is 5.81. The molecule has 0 atom stereocenters. The quantitative estimate of drug-likeness (QED) is 0.616. The molecule has 0 aliphatic carbocycles. The van der Waals surface area contributed by atoms with Crippen LogP contribution in [0.5, 0.6) is 11.5 Å². The van der Waals surface area contributed by atoms with Crippen LogP contribution in [-0.2, 0) is 0 Å². The van der Waals surface area contributed by atoms with Crippen LogP contribution in [0.2, 0.25) is 5.02 Å². The molecule has 5 nitrogen and oxygen atoms in total. The summed E-state index contributed by atoms with van der Waals surface area (Å²) in [5, 5.41) is 20.0. The highest BCUT2D eigenvalue weighted by molar-refractivity contribution is 6.32. The maximum atomic E-state index is 10.9. The number of benzene rings is 2. The zero-order valence-corrected chi connectivity index (χ0v) is 12.1. The van der Waals surface area contributed by atoms with Crippen molar-refractivity contribution in [3.05, 3.63) is 62.2 Å². The van der Waals surface area contributed by atoms with Gasteiger partial charge in [-0.1, -0.05) is 11.6 Å². The van der Waals surface area contributed by atoms with Gasteiger partial charge in [-0.2, -0.15) is 5.26 Å². The molecule has 0 amide bonds. The first-order valence-electron chi connectivity index (χ1n) is 6.05. The summed E-state index contributed by atoms with van der Waals surface area (Å²) in [5.41, 5.74) is 1.62. The fourth-order valence-corrected chi connectivity index (χ4v) is 2.07. The number of rotatable bonds is 3. The summed E-state index contributed by atoms with van der Waals surface area (Å²) in [4.78, 5) is 10.5. The van der Waals surface area contributed by atoms with Gasteiger partial charge in [0.05, 0.1) is 21.6 Å². The van der Waals surface area contributed by atoms with Gasteiger partial charge in [0.2, 0.25) is 0 Å². The summed E-state index contributed by atoms with van der Waals surface area (Å²) >= 11 is 6.05. The highest BCUT2D eigenvalue weighted by Gasteiger charge is 2.15. The van der Waals surface area contributed by atoms with Crippen LogP contribution in [0, 0.1) is 35.3 Å². The van der Waals surface area contributed by atoms with Gasteiger partial charge in [0.1, 0.15) is 11.5 Å². The van der Waals surface area contributed by atoms with E-state index in [2.05, 4.69) is 0 Å². The third-order valence-corrected chi connectivity index (χ3v) is 3.27. The SMILES string of the molecule is Cc1cc([N+](=O)[O-])c(C)cc1Oc1ccc(C#N)cc1Cl. The number of halogens is 1. The summed E-state index contributed by atoms with van der Waals surface area (Å²) in [6.45, 7) is 3.37. The average molecular weight is 303 g/mol. The molecule has 2 aromatic rings. The fraction of sp³-hybridized carbons (Fsp3) is 0.133. The van der Waals surface area contributed by atoms with E-state index in [1.807, 2.05) is 6.07 Å². The Morgan fingerprint density at radius 3 is 2.48 bits per heavy atom. The molecule has 0 bridgehead atoms. The van der Waals surface area contributed by atoms with Crippen molar-refractivity contribution in [1.29, 1.82) is 5.26 Å². The minimum atomic E-state index is -0.430. The van der Waals surface area contributed by atoms with E-state index in [4.69, 9.17) is 21.6 Å². The Kier molecular flexibility index (Phi) is 4.10. The van der Waals surface area contributed by atoms with E-state index in [0.29, 0.717) is 33.2 Å². The lowest BCUT2D eigenvalue weighted by atomic mass is 10.1. The Morgan fingerprint density at radius 1 is 1.19 bits per heavy atom. The Bertz CT molecular complexity index is 766. The summed E-state index contributed by atoms with van der Waals surface area (Å²) < 4.78 is 5.69. The van der Waals surface area contributed by atoms with E-state index in [0.717, 1.165) is 0 Å². The summed E-state index contributed by atoms with van der Waals surface area (Å²) in [6.07, 6.45) is 0. The first-order valence-corrected chi connectivity index (χ1v) is 6.43. The normalized spacial score (nSPS) is 10.0. The zero-order valence-electron chi connectivity index (χ0n) is 11.4. The van der Waals surface area contributed by atoms with Gasteiger partial charge in [0.25, 0.3) is 5.69 Å². The van der Waals surface area contributed by atoms with Gasteiger partial charge in [0, 0.05) is 11.6 Å². The Morgan fingerprint density at radius 2 is 1.90 bits per heavy atom. The van der Waals surface area contributed by atoms with Gasteiger partial charge in [-0.15, -0.1) is 0 Å². The molecule has 2 rings (SSSR count). The fourth-order valence-electron chi connectivity index (χ4n) is 1.85. The molecule has 0 heterocycles. The van der Waals surface area contributed by atoms with Crippen molar-refractivity contribution in [1.82, 2.24) is 0 Å². The van der Waals surface area contributed by atoms with E-state index >= 15 is 0 Å². The van der Waals surface area contributed by atoms with Crippen LogP contribution >= 0.6 is 11.6 Å². The number of nitro groups is 1. The molecule has 0 aromatic heterocycles. The van der Waals surface area contributed by atoms with E-state index in [1.165, 1.54) is 12.1 Å². The number of nitriles is 1. The van der Waals surface area contributed by atoms with Crippen LogP contribution in [-0.4, -0.2) is 4.92 Å². The van der Waals surface area contributed by atoms with Crippen molar-refractivity contribution in [3.8, 4) is 17.6 Å². The van der Waals surface area contributed by atoms with Crippen LogP contribution in [0.25, 0.3) is 0 Å². The predicted octanol–water partition coefficient (Wildman–Crippen LogP) is 4.53. The predicted molar refractivity (Wildman–Crippen MR) is 78.8 cm³/mol. The lowest BCUT2D eigenvalue weighted by Crippen LogP contribution is -1.95. The van der Waals surface area contributed by atoms with Crippen LogP contribution < -0.4 is 4.74 Å². The lowest BCUT2D eigenvalue weighted by molar-refractivity contribution is -0.385. The third kappa shape index (κ3) is 3.12. The smallest absolute Gasteiger partial charge is 0.272 e. The number of aryl methyl sites for hydroxylation is 2. The molecule has 0 spiro atoms. The molecule has 21 heavy (non-hydrogen) atoms. The van der Waals surface area contributed by atoms with Gasteiger partial charge in [-0.05, 0) is 43.7 Å². The molecule has 0 aliphatic heterocycles. The molecule has 0 aliphatic rings. The molecule has 0 saturated heterocycles. The second-order valence-electron chi connectivity index (χ2n) is 4.52. The van der Waals surface area contributed by atoms with Crippen molar-refractivity contribution in [2.75, 3.05) is 0 Å². The molecule has 2 aromatic carbocycles. The minimum Gasteiger partial charge on any atom is -0.456 e. The van der Waals surface area contributed by atoms with Crippen LogP contribution in [0.1, 0.15) is 16.7 Å². The maximum absolute atomic E-state index is 10.9. The Balaban J connectivity index is 2.39. The summed E-state index contributed by atoms with van der Waals surface area (Å²) in [5.74, 6) is 0.886. The molecule has 0 radical (unpaired) electrons. The largest absolute Gasteiger partial charge is 0.456 e. The van der Waals surface area contributed by atoms with Crippen molar-refractivity contribution >= 4 is 17.3 Å². The number of hydrogen-bond acceptors (Lipinski definition) is 4. The molecule has 106 valence electrons. The number of ether oxygens (including phenoxy) is 1. The monoisotopic (exact) mass is 302 g/mol.